The molecule has 0 unspecified atom stereocenters. The van der Waals surface area contributed by atoms with Gasteiger partial charge >= 0.3 is 0 Å². The van der Waals surface area contributed by atoms with Gasteiger partial charge in [-0.3, -0.25) is 0 Å². The minimum atomic E-state index is -3.78. The highest BCUT2D eigenvalue weighted by Gasteiger charge is 2.18. The van der Waals surface area contributed by atoms with E-state index in [2.05, 4.69) is 0 Å². The first kappa shape index (κ1) is 16.9. The van der Waals surface area contributed by atoms with Crippen LogP contribution in [-0.4, -0.2) is 8.42 Å². The van der Waals surface area contributed by atoms with Crippen LogP contribution in [0.2, 0.25) is 0 Å². The van der Waals surface area contributed by atoms with Crippen molar-refractivity contribution >= 4 is 15.9 Å². The van der Waals surface area contributed by atoms with Gasteiger partial charge in [-0.05, 0) is 54.3 Å². The largest absolute Gasteiger partial charge is 0.223 e. The normalized spacial score (nSPS) is 12.0. The molecule has 23 heavy (non-hydrogen) atoms. The third-order valence-electron chi connectivity index (χ3n) is 3.54. The van der Waals surface area contributed by atoms with E-state index in [1.807, 2.05) is 26.0 Å². The van der Waals surface area contributed by atoms with Crippen LogP contribution in [0.15, 0.2) is 47.4 Å². The first-order valence-corrected chi connectivity index (χ1v) is 8.63. The van der Waals surface area contributed by atoms with Crippen LogP contribution in [0.4, 0.5) is 4.39 Å². The summed E-state index contributed by atoms with van der Waals surface area (Å²) in [4.78, 5) is -0.301. The second-order valence-corrected chi connectivity index (χ2v) is 7.31. The first-order chi connectivity index (χ1) is 10.8. The number of hydrogen-bond donors (Lipinski definition) is 0. The van der Waals surface area contributed by atoms with E-state index in [1.54, 1.807) is 12.1 Å². The van der Waals surface area contributed by atoms with Crippen molar-refractivity contribution in [3.8, 4) is 6.07 Å². The van der Waals surface area contributed by atoms with Gasteiger partial charge in [0, 0.05) is 0 Å². The smallest absolute Gasteiger partial charge is 0.192 e. The van der Waals surface area contributed by atoms with E-state index in [1.165, 1.54) is 30.3 Å². The maximum atomic E-state index is 12.9. The SMILES string of the molecule is Cc1ccc(C=C(C#N)S(=O)(=O)Cc2ccc(F)cc2)cc1C. The fourth-order valence-corrected chi connectivity index (χ4v) is 3.32. The molecule has 0 amide bonds. The van der Waals surface area contributed by atoms with Gasteiger partial charge in [-0.1, -0.05) is 30.3 Å². The lowest BCUT2D eigenvalue weighted by Crippen LogP contribution is -2.06. The van der Waals surface area contributed by atoms with E-state index >= 15 is 0 Å². The van der Waals surface area contributed by atoms with Crippen LogP contribution in [0.3, 0.4) is 0 Å². The molecule has 0 aliphatic rings. The Kier molecular flexibility index (Phi) is 4.97. The molecule has 2 aromatic rings. The molecule has 0 radical (unpaired) electrons. The number of nitrogens with zero attached hydrogens (tertiary/aromatic N) is 1. The molecule has 0 heterocycles. The monoisotopic (exact) mass is 329 g/mol. The molecule has 0 spiro atoms. The second-order valence-electron chi connectivity index (χ2n) is 5.35. The average Bonchev–Trinajstić information content (AvgIpc) is 2.50. The van der Waals surface area contributed by atoms with Crippen molar-refractivity contribution in [2.75, 3.05) is 0 Å². The number of nitriles is 1. The summed E-state index contributed by atoms with van der Waals surface area (Å²) in [5, 5.41) is 9.21. The predicted molar refractivity (Wildman–Crippen MR) is 88.5 cm³/mol. The lowest BCUT2D eigenvalue weighted by atomic mass is 10.1. The molecule has 0 bridgehead atoms. The second kappa shape index (κ2) is 6.76. The highest BCUT2D eigenvalue weighted by atomic mass is 32.2. The van der Waals surface area contributed by atoms with Crippen molar-refractivity contribution in [1.82, 2.24) is 0 Å². The van der Waals surface area contributed by atoms with Gasteiger partial charge in [0.25, 0.3) is 0 Å². The zero-order valence-corrected chi connectivity index (χ0v) is 13.7. The first-order valence-electron chi connectivity index (χ1n) is 6.98. The van der Waals surface area contributed by atoms with E-state index in [0.29, 0.717) is 11.1 Å². The Morgan fingerprint density at radius 2 is 1.78 bits per heavy atom. The molecule has 0 fully saturated rings. The summed E-state index contributed by atoms with van der Waals surface area (Å²) < 4.78 is 37.7. The molecule has 0 aliphatic carbocycles. The van der Waals surface area contributed by atoms with Crippen LogP contribution in [0, 0.1) is 31.0 Å². The summed E-state index contributed by atoms with van der Waals surface area (Å²) in [6.45, 7) is 3.88. The van der Waals surface area contributed by atoms with Crippen LogP contribution >= 0.6 is 0 Å². The molecule has 2 aromatic carbocycles. The van der Waals surface area contributed by atoms with Gasteiger partial charge in [-0.2, -0.15) is 5.26 Å². The quantitative estimate of drug-likeness (QED) is 0.799. The van der Waals surface area contributed by atoms with Gasteiger partial charge in [0.1, 0.15) is 16.8 Å². The number of hydrogen-bond acceptors (Lipinski definition) is 3. The number of halogens is 1. The summed E-state index contributed by atoms with van der Waals surface area (Å²) >= 11 is 0. The molecule has 0 atom stereocenters. The number of benzene rings is 2. The Balaban J connectivity index is 2.34. The van der Waals surface area contributed by atoms with Crippen molar-refractivity contribution in [2.24, 2.45) is 0 Å². The standard InChI is InChI=1S/C18H16FNO2S/c1-13-3-4-16(9-14(13)2)10-18(11-20)23(21,22)12-15-5-7-17(19)8-6-15/h3-10H,12H2,1-2H3. The van der Waals surface area contributed by atoms with E-state index in [-0.39, 0.29) is 10.7 Å². The van der Waals surface area contributed by atoms with Crippen molar-refractivity contribution in [2.45, 2.75) is 19.6 Å². The summed E-state index contributed by atoms with van der Waals surface area (Å²) in [5.41, 5.74) is 3.21. The Morgan fingerprint density at radius 1 is 1.13 bits per heavy atom. The topological polar surface area (TPSA) is 57.9 Å². The highest BCUT2D eigenvalue weighted by molar-refractivity contribution is 7.95. The molecule has 0 aromatic heterocycles. The number of aryl methyl sites for hydroxylation is 2. The summed E-state index contributed by atoms with van der Waals surface area (Å²) in [5.74, 6) is -0.769. The van der Waals surface area contributed by atoms with E-state index in [9.17, 15) is 18.1 Å². The van der Waals surface area contributed by atoms with Gasteiger partial charge in [-0.25, -0.2) is 12.8 Å². The fraction of sp³-hybridized carbons (Fsp3) is 0.167. The Bertz CT molecular complexity index is 892. The van der Waals surface area contributed by atoms with E-state index in [0.717, 1.165) is 11.1 Å². The fourth-order valence-electron chi connectivity index (χ4n) is 2.08. The van der Waals surface area contributed by atoms with Crippen molar-refractivity contribution < 1.29 is 12.8 Å². The molecule has 0 N–H and O–H groups in total. The van der Waals surface area contributed by atoms with Gasteiger partial charge in [0.05, 0.1) is 5.75 Å². The van der Waals surface area contributed by atoms with Crippen LogP contribution < -0.4 is 0 Å². The highest BCUT2D eigenvalue weighted by Crippen LogP contribution is 2.19. The molecule has 5 heteroatoms. The minimum absolute atomic E-state index is 0.301. The number of sulfone groups is 1. The van der Waals surface area contributed by atoms with Crippen molar-refractivity contribution in [1.29, 1.82) is 5.26 Å². The van der Waals surface area contributed by atoms with Crippen molar-refractivity contribution in [3.05, 3.63) is 75.4 Å². The van der Waals surface area contributed by atoms with Crippen LogP contribution in [0.5, 0.6) is 0 Å². The summed E-state index contributed by atoms with van der Waals surface area (Å²) in [6, 6.07) is 12.4. The molecule has 0 saturated carbocycles. The van der Waals surface area contributed by atoms with E-state index in [4.69, 9.17) is 0 Å². The molecule has 0 saturated heterocycles. The Hall–Kier alpha value is -2.45. The zero-order chi connectivity index (χ0) is 17.0. The lowest BCUT2D eigenvalue weighted by Gasteiger charge is -2.05. The third-order valence-corrected chi connectivity index (χ3v) is 5.14. The van der Waals surface area contributed by atoms with Gasteiger partial charge in [0.15, 0.2) is 9.84 Å². The molecular formula is C18H16FNO2S. The minimum Gasteiger partial charge on any atom is -0.223 e. The van der Waals surface area contributed by atoms with Crippen LogP contribution in [0.1, 0.15) is 22.3 Å². The Labute approximate surface area is 135 Å². The maximum absolute atomic E-state index is 12.9. The van der Waals surface area contributed by atoms with Crippen LogP contribution in [0.25, 0.3) is 6.08 Å². The van der Waals surface area contributed by atoms with Gasteiger partial charge in [-0.15, -0.1) is 0 Å². The number of rotatable bonds is 4. The lowest BCUT2D eigenvalue weighted by molar-refractivity contribution is 0.602. The van der Waals surface area contributed by atoms with E-state index < -0.39 is 15.7 Å². The summed E-state index contributed by atoms with van der Waals surface area (Å²) in [7, 11) is -3.78. The maximum Gasteiger partial charge on any atom is 0.192 e. The molecule has 0 aliphatic heterocycles. The average molecular weight is 329 g/mol. The predicted octanol–water partition coefficient (Wildman–Crippen LogP) is 3.92. The molecule has 2 rings (SSSR count). The Morgan fingerprint density at radius 3 is 2.35 bits per heavy atom. The number of allylic oxidation sites excluding steroid dienone is 1. The zero-order valence-electron chi connectivity index (χ0n) is 12.9. The molecular weight excluding hydrogens is 313 g/mol. The third kappa shape index (κ3) is 4.27. The van der Waals surface area contributed by atoms with Gasteiger partial charge in [0.2, 0.25) is 0 Å². The summed E-state index contributed by atoms with van der Waals surface area (Å²) in [6.07, 6.45) is 1.37. The van der Waals surface area contributed by atoms with Crippen LogP contribution in [-0.2, 0) is 15.6 Å². The van der Waals surface area contributed by atoms with Gasteiger partial charge < -0.3 is 0 Å². The molecule has 118 valence electrons. The van der Waals surface area contributed by atoms with Crippen molar-refractivity contribution in [3.63, 3.8) is 0 Å². The molecule has 3 nitrogen and oxygen atoms in total.